The Morgan fingerprint density at radius 1 is 0.973 bits per heavy atom. The average molecular weight is 508 g/mol. The Labute approximate surface area is 211 Å². The summed E-state index contributed by atoms with van der Waals surface area (Å²) in [7, 11) is 0. The second-order valence-corrected chi connectivity index (χ2v) is 8.56. The fraction of sp³-hybridized carbons (Fsp3) is 0.222. The van der Waals surface area contributed by atoms with Crippen molar-refractivity contribution in [3.8, 4) is 17.1 Å². The second kappa shape index (κ2) is 10.3. The third-order valence-corrected chi connectivity index (χ3v) is 6.08. The molecule has 1 aliphatic rings. The molecule has 1 amide bonds. The van der Waals surface area contributed by atoms with E-state index in [-0.39, 0.29) is 12.1 Å². The summed E-state index contributed by atoms with van der Waals surface area (Å²) < 4.78 is 47.6. The number of para-hydroxylation sites is 1. The van der Waals surface area contributed by atoms with E-state index in [1.54, 1.807) is 18.2 Å². The minimum Gasteiger partial charge on any atom is -0.493 e. The molecule has 0 aliphatic carbocycles. The molecule has 190 valence electrons. The highest BCUT2D eigenvalue weighted by atomic mass is 19.4. The minimum atomic E-state index is -4.49. The van der Waals surface area contributed by atoms with Gasteiger partial charge in [0.2, 0.25) is 0 Å². The summed E-state index contributed by atoms with van der Waals surface area (Å²) in [5.41, 5.74) is 1.13. The molecule has 0 unspecified atom stereocenters. The number of carbonyl (C=O) groups excluding carboxylic acids is 1. The van der Waals surface area contributed by atoms with E-state index in [2.05, 4.69) is 25.4 Å². The van der Waals surface area contributed by atoms with Crippen LogP contribution in [-0.2, 0) is 25.8 Å². The molecule has 10 heteroatoms. The minimum absolute atomic E-state index is 0.00732. The summed E-state index contributed by atoms with van der Waals surface area (Å²) in [6.07, 6.45) is -3.68. The second-order valence-electron chi connectivity index (χ2n) is 8.56. The molecule has 0 saturated heterocycles. The van der Waals surface area contributed by atoms with Crippen LogP contribution >= 0.6 is 0 Å². The number of ether oxygens (including phenoxy) is 1. The number of fused-ring (bicyclic) bond motifs is 3. The number of halogens is 3. The summed E-state index contributed by atoms with van der Waals surface area (Å²) in [6, 6.07) is 19.7. The Kier molecular flexibility index (Phi) is 6.80. The molecular formula is C27H24F3N5O2. The monoisotopic (exact) mass is 507 g/mol. The SMILES string of the molecule is O=C(NCc1ccccc1C(F)(F)F)c1cccc(NCc2nnc3n2CCCOc2ccccc2-3)c1. The van der Waals surface area contributed by atoms with Crippen LogP contribution in [0, 0.1) is 0 Å². The lowest BCUT2D eigenvalue weighted by Gasteiger charge is -2.17. The van der Waals surface area contributed by atoms with E-state index in [4.69, 9.17) is 4.74 Å². The van der Waals surface area contributed by atoms with Crippen LogP contribution in [0.4, 0.5) is 18.9 Å². The molecule has 37 heavy (non-hydrogen) atoms. The fourth-order valence-corrected chi connectivity index (χ4v) is 4.26. The lowest BCUT2D eigenvalue weighted by molar-refractivity contribution is -0.138. The van der Waals surface area contributed by atoms with Crippen molar-refractivity contribution in [2.24, 2.45) is 0 Å². The number of nitrogens with one attached hydrogen (secondary N) is 2. The van der Waals surface area contributed by atoms with Gasteiger partial charge in [-0.1, -0.05) is 36.4 Å². The van der Waals surface area contributed by atoms with Gasteiger partial charge in [-0.15, -0.1) is 10.2 Å². The number of hydrogen-bond acceptors (Lipinski definition) is 5. The van der Waals surface area contributed by atoms with Gasteiger partial charge < -0.3 is 19.9 Å². The molecule has 2 heterocycles. The van der Waals surface area contributed by atoms with Crippen molar-refractivity contribution in [3.63, 3.8) is 0 Å². The number of rotatable bonds is 6. The number of aromatic nitrogens is 3. The maximum absolute atomic E-state index is 13.2. The smallest absolute Gasteiger partial charge is 0.416 e. The van der Waals surface area contributed by atoms with Crippen molar-refractivity contribution in [2.75, 3.05) is 11.9 Å². The Balaban J connectivity index is 1.27. The Bertz CT molecular complexity index is 1420. The van der Waals surface area contributed by atoms with Crippen LogP contribution in [0.3, 0.4) is 0 Å². The Morgan fingerprint density at radius 3 is 2.65 bits per heavy atom. The summed E-state index contributed by atoms with van der Waals surface area (Å²) in [5, 5.41) is 14.6. The van der Waals surface area contributed by atoms with Gasteiger partial charge >= 0.3 is 6.18 Å². The average Bonchev–Trinajstić information content (AvgIpc) is 3.28. The number of anilines is 1. The number of amides is 1. The largest absolute Gasteiger partial charge is 0.493 e. The van der Waals surface area contributed by atoms with Gasteiger partial charge in [0.25, 0.3) is 5.91 Å². The van der Waals surface area contributed by atoms with Crippen LogP contribution in [0.2, 0.25) is 0 Å². The number of hydrogen-bond donors (Lipinski definition) is 2. The lowest BCUT2D eigenvalue weighted by Crippen LogP contribution is -2.24. The maximum atomic E-state index is 13.2. The van der Waals surface area contributed by atoms with Gasteiger partial charge in [-0.3, -0.25) is 4.79 Å². The molecule has 0 spiro atoms. The highest BCUT2D eigenvalue weighted by Crippen LogP contribution is 2.32. The quantitative estimate of drug-likeness (QED) is 0.371. The van der Waals surface area contributed by atoms with E-state index in [1.165, 1.54) is 18.2 Å². The summed E-state index contributed by atoms with van der Waals surface area (Å²) in [6.45, 7) is 1.44. The fourth-order valence-electron chi connectivity index (χ4n) is 4.26. The Hall–Kier alpha value is -4.34. The van der Waals surface area contributed by atoms with E-state index in [0.29, 0.717) is 30.9 Å². The normalized spacial score (nSPS) is 12.9. The highest BCUT2D eigenvalue weighted by Gasteiger charge is 2.32. The zero-order valence-corrected chi connectivity index (χ0v) is 19.8. The first-order valence-corrected chi connectivity index (χ1v) is 11.8. The molecule has 2 N–H and O–H groups in total. The zero-order valence-electron chi connectivity index (χ0n) is 19.8. The lowest BCUT2D eigenvalue weighted by atomic mass is 10.1. The highest BCUT2D eigenvalue weighted by molar-refractivity contribution is 5.95. The molecule has 5 rings (SSSR count). The standard InChI is InChI=1S/C27H24F3N5O2/c28-27(29,30)22-11-3-1-7-19(22)16-32-26(36)18-8-5-9-20(15-18)31-17-24-33-34-25-21-10-2-4-12-23(21)37-14-6-13-35(24)25/h1-5,7-12,15,31H,6,13-14,16-17H2,(H,32,36). The molecule has 0 bridgehead atoms. The third kappa shape index (κ3) is 5.42. The molecule has 1 aliphatic heterocycles. The molecule has 0 radical (unpaired) electrons. The predicted octanol–water partition coefficient (Wildman–Crippen LogP) is 5.29. The first kappa shape index (κ1) is 24.4. The number of alkyl halides is 3. The summed E-state index contributed by atoms with van der Waals surface area (Å²) in [5.74, 6) is 1.78. The third-order valence-electron chi connectivity index (χ3n) is 6.08. The van der Waals surface area contributed by atoms with Gasteiger partial charge in [0, 0.05) is 24.3 Å². The van der Waals surface area contributed by atoms with Crippen molar-refractivity contribution in [1.82, 2.24) is 20.1 Å². The van der Waals surface area contributed by atoms with Crippen molar-refractivity contribution in [2.45, 2.75) is 32.2 Å². The number of carbonyl (C=O) groups is 1. The van der Waals surface area contributed by atoms with Gasteiger partial charge in [0.1, 0.15) is 5.75 Å². The van der Waals surface area contributed by atoms with Crippen molar-refractivity contribution in [3.05, 3.63) is 95.3 Å². The maximum Gasteiger partial charge on any atom is 0.416 e. The van der Waals surface area contributed by atoms with Gasteiger partial charge in [0.05, 0.1) is 24.3 Å². The van der Waals surface area contributed by atoms with Gasteiger partial charge in [-0.25, -0.2) is 0 Å². The number of nitrogens with zero attached hydrogens (tertiary/aromatic N) is 3. The van der Waals surface area contributed by atoms with E-state index in [0.717, 1.165) is 35.4 Å². The van der Waals surface area contributed by atoms with Crippen LogP contribution < -0.4 is 15.4 Å². The van der Waals surface area contributed by atoms with Crippen LogP contribution in [-0.4, -0.2) is 27.3 Å². The summed E-state index contributed by atoms with van der Waals surface area (Å²) in [4.78, 5) is 12.7. The van der Waals surface area contributed by atoms with Crippen LogP contribution in [0.25, 0.3) is 11.4 Å². The molecule has 0 saturated carbocycles. The van der Waals surface area contributed by atoms with Crippen molar-refractivity contribution >= 4 is 11.6 Å². The molecule has 4 aromatic rings. The van der Waals surface area contributed by atoms with E-state index in [1.807, 2.05) is 30.3 Å². The van der Waals surface area contributed by atoms with Gasteiger partial charge in [0.15, 0.2) is 11.6 Å². The van der Waals surface area contributed by atoms with Crippen LogP contribution in [0.1, 0.15) is 33.7 Å². The molecule has 1 aromatic heterocycles. The van der Waals surface area contributed by atoms with E-state index >= 15 is 0 Å². The van der Waals surface area contributed by atoms with Crippen molar-refractivity contribution < 1.29 is 22.7 Å². The molecule has 7 nitrogen and oxygen atoms in total. The van der Waals surface area contributed by atoms with Crippen molar-refractivity contribution in [1.29, 1.82) is 0 Å². The number of benzene rings is 3. The van der Waals surface area contributed by atoms with Gasteiger partial charge in [-0.2, -0.15) is 13.2 Å². The van der Waals surface area contributed by atoms with Crippen LogP contribution in [0.5, 0.6) is 5.75 Å². The predicted molar refractivity (Wildman–Crippen MR) is 132 cm³/mol. The topological polar surface area (TPSA) is 81.1 Å². The Morgan fingerprint density at radius 2 is 1.78 bits per heavy atom. The van der Waals surface area contributed by atoms with E-state index < -0.39 is 17.6 Å². The molecule has 0 atom stereocenters. The van der Waals surface area contributed by atoms with Crippen LogP contribution in [0.15, 0.2) is 72.8 Å². The van der Waals surface area contributed by atoms with E-state index in [9.17, 15) is 18.0 Å². The molecule has 3 aromatic carbocycles. The molecular weight excluding hydrogens is 483 g/mol. The summed E-state index contributed by atoms with van der Waals surface area (Å²) >= 11 is 0. The zero-order chi connectivity index (χ0) is 25.8. The first-order chi connectivity index (χ1) is 17.9. The van der Waals surface area contributed by atoms with Gasteiger partial charge in [-0.05, 0) is 48.4 Å². The first-order valence-electron chi connectivity index (χ1n) is 11.8. The molecule has 0 fully saturated rings.